The zero-order valence-corrected chi connectivity index (χ0v) is 11.3. The molecule has 1 aliphatic carbocycles. The highest BCUT2D eigenvalue weighted by Gasteiger charge is 2.51. The van der Waals surface area contributed by atoms with Crippen molar-refractivity contribution in [3.05, 3.63) is 0 Å². The molecule has 100 valence electrons. The minimum absolute atomic E-state index is 0.0489. The van der Waals surface area contributed by atoms with Crippen LogP contribution in [0, 0.1) is 0 Å². The molecule has 0 spiro atoms. The molecule has 0 aromatic heterocycles. The van der Waals surface area contributed by atoms with E-state index in [0.29, 0.717) is 12.8 Å². The molecule has 0 amide bonds. The minimum Gasteiger partial charge on any atom is -0.387 e. The van der Waals surface area contributed by atoms with Crippen LogP contribution in [0.5, 0.6) is 0 Å². The summed E-state index contributed by atoms with van der Waals surface area (Å²) in [6.07, 6.45) is 7.55. The standard InChI is InChI=1S/C12H23NO3S/c1-17(15,16)11-7-5-8-12(11,14)10-6-3-2-4-9-13-10/h10-11,13-14H,2-9H2,1H3. The zero-order chi connectivity index (χ0) is 12.5. The van der Waals surface area contributed by atoms with Crippen molar-refractivity contribution in [2.75, 3.05) is 12.8 Å². The smallest absolute Gasteiger partial charge is 0.153 e. The molecule has 0 radical (unpaired) electrons. The van der Waals surface area contributed by atoms with E-state index >= 15 is 0 Å². The minimum atomic E-state index is -3.16. The van der Waals surface area contributed by atoms with E-state index in [-0.39, 0.29) is 6.04 Å². The lowest BCUT2D eigenvalue weighted by Gasteiger charge is -2.37. The van der Waals surface area contributed by atoms with Gasteiger partial charge in [-0.25, -0.2) is 8.42 Å². The summed E-state index contributed by atoms with van der Waals surface area (Å²) in [6.45, 7) is 0.892. The highest BCUT2D eigenvalue weighted by molar-refractivity contribution is 7.91. The van der Waals surface area contributed by atoms with Gasteiger partial charge < -0.3 is 10.4 Å². The van der Waals surface area contributed by atoms with E-state index in [2.05, 4.69) is 5.32 Å². The van der Waals surface area contributed by atoms with Crippen LogP contribution in [0.3, 0.4) is 0 Å². The summed E-state index contributed by atoms with van der Waals surface area (Å²) >= 11 is 0. The van der Waals surface area contributed by atoms with Gasteiger partial charge in [0.2, 0.25) is 0 Å². The lowest BCUT2D eigenvalue weighted by molar-refractivity contribution is 0.00965. The van der Waals surface area contributed by atoms with Crippen molar-refractivity contribution in [1.82, 2.24) is 5.32 Å². The maximum atomic E-state index is 11.8. The summed E-state index contributed by atoms with van der Waals surface area (Å²) in [7, 11) is -3.16. The predicted octanol–water partition coefficient (Wildman–Crippen LogP) is 0.847. The molecule has 5 heteroatoms. The monoisotopic (exact) mass is 261 g/mol. The summed E-state index contributed by atoms with van der Waals surface area (Å²) in [5.41, 5.74) is -1.04. The highest BCUT2D eigenvalue weighted by Crippen LogP contribution is 2.39. The van der Waals surface area contributed by atoms with Gasteiger partial charge in [-0.05, 0) is 38.6 Å². The fourth-order valence-corrected chi connectivity index (χ4v) is 5.04. The van der Waals surface area contributed by atoms with Gasteiger partial charge in [0, 0.05) is 12.3 Å². The highest BCUT2D eigenvalue weighted by atomic mass is 32.2. The van der Waals surface area contributed by atoms with Gasteiger partial charge in [0.15, 0.2) is 9.84 Å². The summed E-state index contributed by atoms with van der Waals surface area (Å²) in [6, 6.07) is -0.0489. The van der Waals surface area contributed by atoms with Gasteiger partial charge in [0.25, 0.3) is 0 Å². The van der Waals surface area contributed by atoms with Crippen molar-refractivity contribution >= 4 is 9.84 Å². The summed E-state index contributed by atoms with van der Waals surface area (Å²) in [5.74, 6) is 0. The van der Waals surface area contributed by atoms with Gasteiger partial charge in [0.1, 0.15) is 0 Å². The number of hydrogen-bond donors (Lipinski definition) is 2. The predicted molar refractivity (Wildman–Crippen MR) is 67.7 cm³/mol. The number of aliphatic hydroxyl groups is 1. The molecule has 1 saturated carbocycles. The molecule has 3 unspecified atom stereocenters. The molecule has 3 atom stereocenters. The van der Waals surface area contributed by atoms with Crippen LogP contribution in [0.15, 0.2) is 0 Å². The van der Waals surface area contributed by atoms with Crippen LogP contribution in [0.2, 0.25) is 0 Å². The third-order valence-electron chi connectivity index (χ3n) is 4.28. The average molecular weight is 261 g/mol. The SMILES string of the molecule is CS(=O)(=O)C1CCCC1(O)C1CCCCCN1. The lowest BCUT2D eigenvalue weighted by atomic mass is 9.89. The van der Waals surface area contributed by atoms with E-state index in [9.17, 15) is 13.5 Å². The van der Waals surface area contributed by atoms with Crippen LogP contribution in [0.1, 0.15) is 44.9 Å². The molecule has 1 heterocycles. The third-order valence-corrected chi connectivity index (χ3v) is 5.96. The van der Waals surface area contributed by atoms with E-state index in [4.69, 9.17) is 0 Å². The van der Waals surface area contributed by atoms with Crippen molar-refractivity contribution in [2.24, 2.45) is 0 Å². The Hall–Kier alpha value is -0.130. The number of nitrogens with one attached hydrogen (secondary N) is 1. The van der Waals surface area contributed by atoms with Gasteiger partial charge in [-0.15, -0.1) is 0 Å². The first-order valence-electron chi connectivity index (χ1n) is 6.59. The second-order valence-electron chi connectivity index (χ2n) is 5.56. The van der Waals surface area contributed by atoms with Crippen LogP contribution in [0.25, 0.3) is 0 Å². The Balaban J connectivity index is 2.20. The van der Waals surface area contributed by atoms with Gasteiger partial charge in [-0.1, -0.05) is 12.8 Å². The van der Waals surface area contributed by atoms with E-state index in [1.807, 2.05) is 0 Å². The molecule has 0 aromatic rings. The largest absolute Gasteiger partial charge is 0.387 e. The van der Waals surface area contributed by atoms with Crippen molar-refractivity contribution in [2.45, 2.75) is 61.8 Å². The Labute approximate surface area is 104 Å². The first kappa shape index (κ1) is 13.3. The van der Waals surface area contributed by atoms with Gasteiger partial charge in [-0.2, -0.15) is 0 Å². The average Bonchev–Trinajstić information content (AvgIpc) is 2.51. The molecule has 2 aliphatic rings. The molecule has 0 bridgehead atoms. The van der Waals surface area contributed by atoms with Crippen LogP contribution in [0.4, 0.5) is 0 Å². The van der Waals surface area contributed by atoms with Crippen LogP contribution < -0.4 is 5.32 Å². The quantitative estimate of drug-likeness (QED) is 0.773. The topological polar surface area (TPSA) is 66.4 Å². The first-order chi connectivity index (χ1) is 7.94. The fraction of sp³-hybridized carbons (Fsp3) is 1.00. The summed E-state index contributed by atoms with van der Waals surface area (Å²) in [5, 5.41) is 13.6. The molecule has 2 rings (SSSR count). The first-order valence-corrected chi connectivity index (χ1v) is 8.55. The Bertz CT molecular complexity index is 360. The maximum Gasteiger partial charge on any atom is 0.153 e. The van der Waals surface area contributed by atoms with Crippen LogP contribution in [-0.2, 0) is 9.84 Å². The number of hydrogen-bond acceptors (Lipinski definition) is 4. The molecule has 2 fully saturated rings. The number of rotatable bonds is 2. The molecule has 1 aliphatic heterocycles. The Morgan fingerprint density at radius 1 is 1.18 bits per heavy atom. The zero-order valence-electron chi connectivity index (χ0n) is 10.5. The molecular weight excluding hydrogens is 238 g/mol. The molecule has 0 aromatic carbocycles. The van der Waals surface area contributed by atoms with E-state index in [0.717, 1.165) is 32.2 Å². The maximum absolute atomic E-state index is 11.8. The Morgan fingerprint density at radius 3 is 2.65 bits per heavy atom. The van der Waals surface area contributed by atoms with E-state index in [1.54, 1.807) is 0 Å². The molecule has 2 N–H and O–H groups in total. The van der Waals surface area contributed by atoms with Crippen molar-refractivity contribution in [3.8, 4) is 0 Å². The molecular formula is C12H23NO3S. The van der Waals surface area contributed by atoms with Crippen molar-refractivity contribution in [1.29, 1.82) is 0 Å². The number of sulfone groups is 1. The Morgan fingerprint density at radius 2 is 1.94 bits per heavy atom. The van der Waals surface area contributed by atoms with Crippen molar-refractivity contribution < 1.29 is 13.5 Å². The van der Waals surface area contributed by atoms with Crippen LogP contribution in [-0.4, -0.2) is 43.2 Å². The van der Waals surface area contributed by atoms with Crippen molar-refractivity contribution in [3.63, 3.8) is 0 Å². The molecule has 1 saturated heterocycles. The molecule has 4 nitrogen and oxygen atoms in total. The Kier molecular flexibility index (Phi) is 3.80. The normalized spacial score (nSPS) is 40.1. The van der Waals surface area contributed by atoms with Crippen LogP contribution >= 0.6 is 0 Å². The second kappa shape index (κ2) is 4.86. The van der Waals surface area contributed by atoms with Gasteiger partial charge >= 0.3 is 0 Å². The summed E-state index contributed by atoms with van der Waals surface area (Å²) < 4.78 is 23.6. The van der Waals surface area contributed by atoms with E-state index in [1.165, 1.54) is 12.7 Å². The second-order valence-corrected chi connectivity index (χ2v) is 7.79. The summed E-state index contributed by atoms with van der Waals surface area (Å²) in [4.78, 5) is 0. The van der Waals surface area contributed by atoms with Gasteiger partial charge in [-0.3, -0.25) is 0 Å². The fourth-order valence-electron chi connectivity index (χ4n) is 3.42. The van der Waals surface area contributed by atoms with Gasteiger partial charge in [0.05, 0.1) is 10.9 Å². The third kappa shape index (κ3) is 2.66. The lowest BCUT2D eigenvalue weighted by Crippen LogP contribution is -2.57. The molecule has 17 heavy (non-hydrogen) atoms. The van der Waals surface area contributed by atoms with E-state index < -0.39 is 20.7 Å².